The summed E-state index contributed by atoms with van der Waals surface area (Å²) in [5.41, 5.74) is 0. The van der Waals surface area contributed by atoms with Gasteiger partial charge in [0.15, 0.2) is 6.10 Å². The fourth-order valence-electron chi connectivity index (χ4n) is 7.45. The van der Waals surface area contributed by atoms with Crippen LogP contribution >= 0.6 is 0 Å². The van der Waals surface area contributed by atoms with Crippen molar-refractivity contribution < 1.29 is 28.6 Å². The number of hydrogen-bond donors (Lipinski definition) is 0. The van der Waals surface area contributed by atoms with Gasteiger partial charge in [0.2, 0.25) is 0 Å². The summed E-state index contributed by atoms with van der Waals surface area (Å²) in [5, 5.41) is 0. The molecule has 0 N–H and O–H groups in total. The molecule has 0 bridgehead atoms. The third-order valence-electron chi connectivity index (χ3n) is 11.8. The van der Waals surface area contributed by atoms with Gasteiger partial charge in [-0.05, 0) is 135 Å². The largest absolute Gasteiger partial charge is 0.462 e. The Morgan fingerprint density at radius 1 is 0.288 bits per heavy atom. The van der Waals surface area contributed by atoms with Gasteiger partial charge < -0.3 is 14.2 Å². The molecule has 0 aliphatic heterocycles. The lowest BCUT2D eigenvalue weighted by Gasteiger charge is -2.18. The van der Waals surface area contributed by atoms with Gasteiger partial charge in [-0.25, -0.2) is 0 Å². The number of carbonyl (C=O) groups excluding carboxylic acids is 3. The van der Waals surface area contributed by atoms with Crippen molar-refractivity contribution in [2.45, 2.75) is 245 Å². The topological polar surface area (TPSA) is 78.9 Å². The van der Waals surface area contributed by atoms with Crippen LogP contribution in [0.1, 0.15) is 239 Å². The predicted octanol–water partition coefficient (Wildman–Crippen LogP) is 20.0. The molecule has 0 heterocycles. The van der Waals surface area contributed by atoms with Crippen LogP contribution in [0.2, 0.25) is 0 Å². The molecule has 73 heavy (non-hydrogen) atoms. The Morgan fingerprint density at radius 2 is 0.534 bits per heavy atom. The summed E-state index contributed by atoms with van der Waals surface area (Å²) in [4.78, 5) is 38.1. The van der Waals surface area contributed by atoms with Crippen molar-refractivity contribution in [2.75, 3.05) is 13.2 Å². The smallest absolute Gasteiger partial charge is 0.306 e. The van der Waals surface area contributed by atoms with E-state index in [4.69, 9.17) is 14.2 Å². The molecule has 0 aliphatic carbocycles. The van der Waals surface area contributed by atoms with Crippen LogP contribution in [0.4, 0.5) is 0 Å². The molecule has 6 heteroatoms. The third-order valence-corrected chi connectivity index (χ3v) is 11.8. The quantitative estimate of drug-likeness (QED) is 0.0261. The monoisotopic (exact) mass is 1010 g/mol. The van der Waals surface area contributed by atoms with Gasteiger partial charge in [-0.15, -0.1) is 0 Å². The van der Waals surface area contributed by atoms with Gasteiger partial charge in [-0.3, -0.25) is 14.4 Å². The van der Waals surface area contributed by atoms with E-state index in [-0.39, 0.29) is 31.1 Å². The third kappa shape index (κ3) is 58.1. The molecule has 1 atom stereocenters. The molecule has 0 fully saturated rings. The Balaban J connectivity index is 4.45. The van der Waals surface area contributed by atoms with Crippen molar-refractivity contribution in [3.05, 3.63) is 146 Å². The molecule has 0 saturated carbocycles. The second-order valence-corrected chi connectivity index (χ2v) is 18.8. The highest BCUT2D eigenvalue weighted by atomic mass is 16.6. The fourth-order valence-corrected chi connectivity index (χ4v) is 7.45. The molecule has 0 radical (unpaired) electrons. The Hall–Kier alpha value is -4.71. The van der Waals surface area contributed by atoms with Crippen LogP contribution in [0.3, 0.4) is 0 Å². The van der Waals surface area contributed by atoms with E-state index < -0.39 is 6.10 Å². The minimum Gasteiger partial charge on any atom is -0.462 e. The van der Waals surface area contributed by atoms with E-state index in [9.17, 15) is 14.4 Å². The van der Waals surface area contributed by atoms with Gasteiger partial charge in [0.1, 0.15) is 13.2 Å². The Morgan fingerprint density at radius 3 is 0.863 bits per heavy atom. The maximum absolute atomic E-state index is 12.9. The molecule has 0 aromatic carbocycles. The second kappa shape index (κ2) is 59.8. The van der Waals surface area contributed by atoms with Crippen LogP contribution in [0.25, 0.3) is 0 Å². The van der Waals surface area contributed by atoms with Crippen molar-refractivity contribution in [1.29, 1.82) is 0 Å². The van der Waals surface area contributed by atoms with Crippen molar-refractivity contribution >= 4 is 17.9 Å². The van der Waals surface area contributed by atoms with E-state index in [1.54, 1.807) is 0 Å². The highest BCUT2D eigenvalue weighted by molar-refractivity contribution is 5.71. The van der Waals surface area contributed by atoms with Crippen molar-refractivity contribution in [2.24, 2.45) is 0 Å². The molecule has 0 aliphatic rings. The van der Waals surface area contributed by atoms with E-state index in [0.717, 1.165) is 161 Å². The zero-order valence-electron chi connectivity index (χ0n) is 46.8. The molecule has 0 aromatic heterocycles. The van der Waals surface area contributed by atoms with E-state index in [2.05, 4.69) is 167 Å². The van der Waals surface area contributed by atoms with E-state index in [1.165, 1.54) is 38.5 Å². The summed E-state index contributed by atoms with van der Waals surface area (Å²) in [6, 6.07) is 0. The SMILES string of the molecule is CC/C=C\C/C=C\C/C=C\C/C=C\C/C=C\C/C=C\C/C=C\CCCCCC(=O)OCC(COC(=O)CCCCCCC/C=C\CCCC)OC(=O)CCCCCCCC/C=C\C/C=C\C/C=C\C/C=C\CC. The minimum absolute atomic E-state index is 0.105. The van der Waals surface area contributed by atoms with Crippen LogP contribution in [0, 0.1) is 0 Å². The van der Waals surface area contributed by atoms with E-state index >= 15 is 0 Å². The zero-order valence-corrected chi connectivity index (χ0v) is 46.8. The van der Waals surface area contributed by atoms with Crippen molar-refractivity contribution in [1.82, 2.24) is 0 Å². The Labute approximate surface area is 448 Å². The first kappa shape index (κ1) is 68.3. The van der Waals surface area contributed by atoms with Crippen LogP contribution in [-0.2, 0) is 28.6 Å². The van der Waals surface area contributed by atoms with Gasteiger partial charge in [0.25, 0.3) is 0 Å². The van der Waals surface area contributed by atoms with Crippen molar-refractivity contribution in [3.8, 4) is 0 Å². The summed E-state index contributed by atoms with van der Waals surface area (Å²) in [7, 11) is 0. The number of allylic oxidation sites excluding steroid dienone is 24. The number of esters is 3. The maximum Gasteiger partial charge on any atom is 0.306 e. The summed E-state index contributed by atoms with van der Waals surface area (Å²) in [6.07, 6.45) is 85.5. The minimum atomic E-state index is -0.810. The summed E-state index contributed by atoms with van der Waals surface area (Å²) in [5.74, 6) is -0.968. The van der Waals surface area contributed by atoms with Gasteiger partial charge >= 0.3 is 17.9 Å². The molecule has 0 spiro atoms. The number of hydrogen-bond acceptors (Lipinski definition) is 6. The maximum atomic E-state index is 12.9. The first-order valence-electron chi connectivity index (χ1n) is 29.3. The molecule has 410 valence electrons. The number of carbonyl (C=O) groups is 3. The molecular weight excluding hydrogens is 901 g/mol. The molecule has 0 rings (SSSR count). The normalized spacial score (nSPS) is 13.2. The zero-order chi connectivity index (χ0) is 52.9. The second-order valence-electron chi connectivity index (χ2n) is 18.8. The molecule has 1 unspecified atom stereocenters. The first-order chi connectivity index (χ1) is 36.0. The molecular formula is C67H106O6. The van der Waals surface area contributed by atoms with Gasteiger partial charge in [0, 0.05) is 19.3 Å². The fraction of sp³-hybridized carbons (Fsp3) is 0.597. The molecule has 6 nitrogen and oxygen atoms in total. The summed E-state index contributed by atoms with van der Waals surface area (Å²) >= 11 is 0. The average molecular weight is 1010 g/mol. The Kier molecular flexibility index (Phi) is 56.0. The van der Waals surface area contributed by atoms with Gasteiger partial charge in [-0.2, -0.15) is 0 Å². The van der Waals surface area contributed by atoms with Crippen LogP contribution in [0.5, 0.6) is 0 Å². The number of rotatable bonds is 51. The highest BCUT2D eigenvalue weighted by Gasteiger charge is 2.19. The lowest BCUT2D eigenvalue weighted by molar-refractivity contribution is -0.167. The lowest BCUT2D eigenvalue weighted by atomic mass is 10.1. The van der Waals surface area contributed by atoms with Crippen LogP contribution < -0.4 is 0 Å². The average Bonchev–Trinajstić information content (AvgIpc) is 3.39. The van der Waals surface area contributed by atoms with Gasteiger partial charge in [-0.1, -0.05) is 231 Å². The summed E-state index contributed by atoms with van der Waals surface area (Å²) < 4.78 is 16.8. The molecule has 0 aromatic rings. The van der Waals surface area contributed by atoms with Gasteiger partial charge in [0.05, 0.1) is 0 Å². The lowest BCUT2D eigenvalue weighted by Crippen LogP contribution is -2.30. The van der Waals surface area contributed by atoms with E-state index in [0.29, 0.717) is 19.3 Å². The predicted molar refractivity (Wildman–Crippen MR) is 315 cm³/mol. The Bertz CT molecular complexity index is 1630. The van der Waals surface area contributed by atoms with E-state index in [1.807, 2.05) is 0 Å². The highest BCUT2D eigenvalue weighted by Crippen LogP contribution is 2.13. The number of unbranched alkanes of at least 4 members (excludes halogenated alkanes) is 16. The summed E-state index contributed by atoms with van der Waals surface area (Å²) in [6.45, 7) is 6.31. The first-order valence-corrected chi connectivity index (χ1v) is 29.3. The van der Waals surface area contributed by atoms with Crippen LogP contribution in [0.15, 0.2) is 146 Å². The van der Waals surface area contributed by atoms with Crippen molar-refractivity contribution in [3.63, 3.8) is 0 Å². The van der Waals surface area contributed by atoms with Crippen LogP contribution in [-0.4, -0.2) is 37.2 Å². The standard InChI is InChI=1S/C67H106O6/c1-4-7-10-13-16-19-22-24-26-28-30-31-32-33-34-35-37-38-40-42-45-48-51-54-57-60-66(69)72-63-64(62-71-65(68)59-56-53-50-47-44-21-18-15-12-9-6-3)73-67(70)61-58-55-52-49-46-43-41-39-36-29-27-25-23-20-17-14-11-8-5-2/h7-8,10-11,15-20,24-27,30-31,33-34,36-39,42,45,64H,4-6,9,12-14,21-23,28-29,32,35,40-41,43-44,46-63H2,1-3H3/b10-7-,11-8-,18-15-,19-16-,20-17-,26-24-,27-25-,31-30-,34-33-,38-37-,39-36-,45-42-. The molecule has 0 amide bonds. The number of ether oxygens (including phenoxy) is 3. The molecule has 0 saturated heterocycles.